The van der Waals surface area contributed by atoms with E-state index in [9.17, 15) is 40.5 Å². The fraction of sp³-hybridized carbons (Fsp3) is 0.962. The third kappa shape index (κ3) is 8.53. The number of rotatable bonds is 14. The molecule has 15 nitrogen and oxygen atoms in total. The van der Waals surface area contributed by atoms with E-state index in [1.165, 1.54) is 7.11 Å². The third-order valence-corrected chi connectivity index (χ3v) is 8.10. The molecule has 0 amide bonds. The Morgan fingerprint density at radius 2 is 1.20 bits per heavy atom. The van der Waals surface area contributed by atoms with Gasteiger partial charge in [-0.25, -0.2) is 4.79 Å². The van der Waals surface area contributed by atoms with E-state index < -0.39 is 85.5 Å². The summed E-state index contributed by atoms with van der Waals surface area (Å²) in [5.74, 6) is -3.46. The van der Waals surface area contributed by atoms with Crippen molar-refractivity contribution in [1.82, 2.24) is 0 Å². The van der Waals surface area contributed by atoms with Crippen molar-refractivity contribution in [2.24, 2.45) is 17.8 Å². The minimum Gasteiger partial charge on any atom is -0.479 e. The van der Waals surface area contributed by atoms with Crippen LogP contribution in [-0.4, -0.2) is 169 Å². The summed E-state index contributed by atoms with van der Waals surface area (Å²) < 4.78 is 38.3. The van der Waals surface area contributed by atoms with E-state index in [0.717, 1.165) is 0 Å². The molecule has 0 spiro atoms. The van der Waals surface area contributed by atoms with E-state index >= 15 is 0 Å². The number of carbonyl (C=O) groups is 1. The van der Waals surface area contributed by atoms with Gasteiger partial charge in [0.05, 0.1) is 82.9 Å². The van der Waals surface area contributed by atoms with E-state index in [4.69, 9.17) is 33.2 Å². The summed E-state index contributed by atoms with van der Waals surface area (Å²) in [4.78, 5) is 11.5. The zero-order valence-electron chi connectivity index (χ0n) is 23.6. The van der Waals surface area contributed by atoms with Gasteiger partial charge in [-0.15, -0.1) is 0 Å². The average molecular weight is 599 g/mol. The molecule has 14 unspecified atom stereocenters. The van der Waals surface area contributed by atoms with Gasteiger partial charge in [-0.1, -0.05) is 0 Å². The van der Waals surface area contributed by atoms with Gasteiger partial charge in [0.15, 0.2) is 6.10 Å². The maximum atomic E-state index is 11.5. The SMILES string of the molecule is COCC1CC(C)OC(COCC2C(O)C(CO)OC(COCC3C(O)C(COC)OC(C(=O)O)C3O)C2O)C1O. The first-order chi connectivity index (χ1) is 19.5. The van der Waals surface area contributed by atoms with Crippen LogP contribution in [0.25, 0.3) is 0 Å². The first-order valence-electron chi connectivity index (χ1n) is 13.9. The van der Waals surface area contributed by atoms with Crippen molar-refractivity contribution < 1.29 is 73.7 Å². The Kier molecular flexibility index (Phi) is 13.6. The first-order valence-corrected chi connectivity index (χ1v) is 13.9. The largest absolute Gasteiger partial charge is 0.479 e. The fourth-order valence-corrected chi connectivity index (χ4v) is 5.84. The number of ether oxygens (including phenoxy) is 7. The summed E-state index contributed by atoms with van der Waals surface area (Å²) in [5, 5.41) is 72.6. The van der Waals surface area contributed by atoms with Crippen molar-refractivity contribution in [2.45, 2.75) is 80.5 Å². The number of carboxylic acid groups (broad SMARTS) is 1. The van der Waals surface area contributed by atoms with E-state index in [2.05, 4.69) is 0 Å². The lowest BCUT2D eigenvalue weighted by molar-refractivity contribution is -0.242. The third-order valence-electron chi connectivity index (χ3n) is 8.10. The molecule has 15 heteroatoms. The summed E-state index contributed by atoms with van der Waals surface area (Å²) in [7, 11) is 2.92. The average Bonchev–Trinajstić information content (AvgIpc) is 2.93. The van der Waals surface area contributed by atoms with E-state index in [1.807, 2.05) is 6.92 Å². The molecule has 3 saturated heterocycles. The van der Waals surface area contributed by atoms with Gasteiger partial charge in [0, 0.05) is 32.0 Å². The molecule has 3 aliphatic rings. The van der Waals surface area contributed by atoms with Crippen molar-refractivity contribution in [3.8, 4) is 0 Å². The Bertz CT molecular complexity index is 788. The highest BCUT2D eigenvalue weighted by Gasteiger charge is 2.48. The summed E-state index contributed by atoms with van der Waals surface area (Å²) in [6.07, 6.45) is -11.0. The van der Waals surface area contributed by atoms with E-state index in [0.29, 0.717) is 13.0 Å². The second-order valence-electron chi connectivity index (χ2n) is 11.1. The number of hydrogen-bond donors (Lipinski definition) is 7. The minimum absolute atomic E-state index is 0.000386. The zero-order valence-corrected chi connectivity index (χ0v) is 23.6. The quantitative estimate of drug-likeness (QED) is 0.104. The van der Waals surface area contributed by atoms with E-state index in [-0.39, 0.29) is 45.1 Å². The molecule has 3 rings (SSSR count). The van der Waals surface area contributed by atoms with Crippen LogP contribution >= 0.6 is 0 Å². The Morgan fingerprint density at radius 1 is 0.683 bits per heavy atom. The van der Waals surface area contributed by atoms with Crippen molar-refractivity contribution in [1.29, 1.82) is 0 Å². The maximum Gasteiger partial charge on any atom is 0.335 e. The van der Waals surface area contributed by atoms with Crippen LogP contribution < -0.4 is 0 Å². The van der Waals surface area contributed by atoms with Crippen LogP contribution in [0.2, 0.25) is 0 Å². The maximum absolute atomic E-state index is 11.5. The predicted molar refractivity (Wildman–Crippen MR) is 137 cm³/mol. The normalized spacial score (nSPS) is 43.6. The Labute approximate surface area is 238 Å². The van der Waals surface area contributed by atoms with Crippen molar-refractivity contribution in [3.05, 3.63) is 0 Å². The molecule has 0 aromatic carbocycles. The first kappa shape index (κ1) is 34.4. The van der Waals surface area contributed by atoms with Crippen LogP contribution in [0.5, 0.6) is 0 Å². The molecular formula is C26H46O15. The molecule has 0 bridgehead atoms. The van der Waals surface area contributed by atoms with Gasteiger partial charge in [-0.2, -0.15) is 0 Å². The highest BCUT2D eigenvalue weighted by molar-refractivity contribution is 5.73. The molecule has 41 heavy (non-hydrogen) atoms. The number of aliphatic hydroxyl groups is 6. The molecule has 3 aliphatic heterocycles. The lowest BCUT2D eigenvalue weighted by Gasteiger charge is -2.43. The van der Waals surface area contributed by atoms with Crippen molar-refractivity contribution in [3.63, 3.8) is 0 Å². The van der Waals surface area contributed by atoms with Gasteiger partial charge in [0.1, 0.15) is 24.4 Å². The van der Waals surface area contributed by atoms with Gasteiger partial charge in [0.2, 0.25) is 0 Å². The van der Waals surface area contributed by atoms with Crippen LogP contribution in [0.3, 0.4) is 0 Å². The fourth-order valence-electron chi connectivity index (χ4n) is 5.84. The topological polar surface area (TPSA) is 223 Å². The van der Waals surface area contributed by atoms with Crippen LogP contribution in [0, 0.1) is 17.8 Å². The number of aliphatic hydroxyl groups excluding tert-OH is 6. The van der Waals surface area contributed by atoms with E-state index in [1.54, 1.807) is 7.11 Å². The second-order valence-corrected chi connectivity index (χ2v) is 11.1. The summed E-state index contributed by atoms with van der Waals surface area (Å²) in [5.41, 5.74) is 0. The molecule has 0 saturated carbocycles. The van der Waals surface area contributed by atoms with Gasteiger partial charge < -0.3 is 68.9 Å². The van der Waals surface area contributed by atoms with Crippen LogP contribution in [-0.2, 0) is 38.0 Å². The molecular weight excluding hydrogens is 552 g/mol. The number of carboxylic acids is 1. The number of methoxy groups -OCH3 is 2. The molecule has 14 atom stereocenters. The monoisotopic (exact) mass is 598 g/mol. The van der Waals surface area contributed by atoms with Crippen LogP contribution in [0.15, 0.2) is 0 Å². The van der Waals surface area contributed by atoms with Crippen LogP contribution in [0.4, 0.5) is 0 Å². The number of hydrogen-bond acceptors (Lipinski definition) is 14. The molecule has 0 aliphatic carbocycles. The molecule has 3 fully saturated rings. The highest BCUT2D eigenvalue weighted by Crippen LogP contribution is 2.31. The van der Waals surface area contributed by atoms with Gasteiger partial charge in [0.25, 0.3) is 0 Å². The lowest BCUT2D eigenvalue weighted by atomic mass is 9.86. The molecule has 0 aromatic rings. The minimum atomic E-state index is -1.60. The second kappa shape index (κ2) is 16.1. The molecule has 0 radical (unpaired) electrons. The van der Waals surface area contributed by atoms with Gasteiger partial charge >= 0.3 is 5.97 Å². The molecule has 0 aromatic heterocycles. The smallest absolute Gasteiger partial charge is 0.335 e. The van der Waals surface area contributed by atoms with Gasteiger partial charge in [-0.3, -0.25) is 0 Å². The van der Waals surface area contributed by atoms with Crippen molar-refractivity contribution in [2.75, 3.05) is 60.5 Å². The van der Waals surface area contributed by atoms with Gasteiger partial charge in [-0.05, 0) is 13.3 Å². The Morgan fingerprint density at radius 3 is 1.73 bits per heavy atom. The summed E-state index contributed by atoms with van der Waals surface area (Å²) in [6, 6.07) is 0. The Balaban J connectivity index is 1.57. The molecule has 240 valence electrons. The van der Waals surface area contributed by atoms with Crippen LogP contribution in [0.1, 0.15) is 13.3 Å². The molecule has 3 heterocycles. The lowest BCUT2D eigenvalue weighted by Crippen LogP contribution is -2.60. The summed E-state index contributed by atoms with van der Waals surface area (Å²) in [6.45, 7) is 0.920. The van der Waals surface area contributed by atoms with Crippen molar-refractivity contribution >= 4 is 5.97 Å². The summed E-state index contributed by atoms with van der Waals surface area (Å²) >= 11 is 0. The zero-order chi connectivity index (χ0) is 30.3. The number of aliphatic carboxylic acids is 1. The highest BCUT2D eigenvalue weighted by atomic mass is 16.6. The standard InChI is InChI=1S/C26H46O15/c1-12-4-13(6-35-2)20(28)18(39-12)10-37-7-14-21(29)16(5-27)40-19(22(14)30)11-38-8-15-23(31)17(9-36-3)41-25(24(15)32)26(33)34/h12-25,27-32H,4-11H2,1-3H3,(H,33,34). The predicted octanol–water partition coefficient (Wildman–Crippen LogP) is -3.25. The molecule has 7 N–H and O–H groups in total. The Hall–Kier alpha value is -1.05.